The van der Waals surface area contributed by atoms with E-state index in [2.05, 4.69) is 33.2 Å². The monoisotopic (exact) mass is 396 g/mol. The maximum absolute atomic E-state index is 12.8. The molecule has 0 spiro atoms. The van der Waals surface area contributed by atoms with Crippen molar-refractivity contribution in [3.05, 3.63) is 75.4 Å². The van der Waals surface area contributed by atoms with E-state index in [1.165, 1.54) is 11.1 Å². The first-order chi connectivity index (χ1) is 12.1. The molecule has 0 saturated carbocycles. The van der Waals surface area contributed by atoms with Crippen molar-refractivity contribution in [1.29, 1.82) is 0 Å². The van der Waals surface area contributed by atoms with Gasteiger partial charge in [-0.05, 0) is 30.2 Å². The van der Waals surface area contributed by atoms with E-state index in [-0.39, 0.29) is 5.91 Å². The van der Waals surface area contributed by atoms with Crippen molar-refractivity contribution in [3.8, 4) is 11.3 Å². The van der Waals surface area contributed by atoms with Gasteiger partial charge in [-0.2, -0.15) is 0 Å². The van der Waals surface area contributed by atoms with Gasteiger partial charge in [-0.15, -0.1) is 0 Å². The van der Waals surface area contributed by atoms with Crippen molar-refractivity contribution in [2.24, 2.45) is 0 Å². The van der Waals surface area contributed by atoms with Gasteiger partial charge in [-0.1, -0.05) is 57.5 Å². The van der Waals surface area contributed by atoms with Crippen LogP contribution in [0, 0.1) is 6.92 Å². The first kappa shape index (κ1) is 16.1. The molecule has 0 N–H and O–H groups in total. The fraction of sp³-hybridized carbons (Fsp3) is 0.200. The molecule has 0 fully saturated rings. The average molecular weight is 397 g/mol. The Bertz CT molecular complexity index is 906. The molecule has 1 aliphatic rings. The van der Waals surface area contributed by atoms with Crippen LogP contribution in [0.5, 0.6) is 0 Å². The zero-order chi connectivity index (χ0) is 17.4. The Morgan fingerprint density at radius 2 is 1.76 bits per heavy atom. The van der Waals surface area contributed by atoms with Gasteiger partial charge >= 0.3 is 0 Å². The quantitative estimate of drug-likeness (QED) is 0.654. The molecule has 3 aromatic rings. The summed E-state index contributed by atoms with van der Waals surface area (Å²) in [4.78, 5) is 14.7. The largest absolute Gasteiger partial charge is 0.356 e. The van der Waals surface area contributed by atoms with E-state index in [0.717, 1.165) is 21.3 Å². The Kier molecular flexibility index (Phi) is 4.17. The van der Waals surface area contributed by atoms with Crippen LogP contribution in [0.2, 0.25) is 0 Å². The Morgan fingerprint density at radius 1 is 1.12 bits per heavy atom. The summed E-state index contributed by atoms with van der Waals surface area (Å²) in [6, 6.07) is 16.0. The number of halogens is 1. The number of aryl methyl sites for hydroxylation is 1. The lowest BCUT2D eigenvalue weighted by atomic mass is 10.0. The van der Waals surface area contributed by atoms with E-state index in [4.69, 9.17) is 4.52 Å². The number of benzene rings is 2. The van der Waals surface area contributed by atoms with Crippen molar-refractivity contribution >= 4 is 21.8 Å². The summed E-state index contributed by atoms with van der Waals surface area (Å²) in [5, 5.41) is 4.08. The van der Waals surface area contributed by atoms with Crippen molar-refractivity contribution in [1.82, 2.24) is 10.1 Å². The summed E-state index contributed by atoms with van der Waals surface area (Å²) < 4.78 is 6.51. The molecule has 1 aromatic heterocycles. The Hall–Kier alpha value is -2.40. The van der Waals surface area contributed by atoms with E-state index >= 15 is 0 Å². The van der Waals surface area contributed by atoms with Crippen LogP contribution in [0.25, 0.3) is 11.3 Å². The van der Waals surface area contributed by atoms with Gasteiger partial charge in [0.15, 0.2) is 5.76 Å². The lowest BCUT2D eigenvalue weighted by Gasteiger charge is -2.15. The summed E-state index contributed by atoms with van der Waals surface area (Å²) >= 11 is 3.43. The van der Waals surface area contributed by atoms with Gasteiger partial charge in [0.2, 0.25) is 5.91 Å². The number of hydrogen-bond acceptors (Lipinski definition) is 3. The molecule has 1 aliphatic heterocycles. The summed E-state index contributed by atoms with van der Waals surface area (Å²) in [5.41, 5.74) is 5.01. The third kappa shape index (κ3) is 3.12. The summed E-state index contributed by atoms with van der Waals surface area (Å²) in [6.07, 6.45) is 0.300. The molecule has 5 heteroatoms. The molecule has 0 atom stereocenters. The van der Waals surface area contributed by atoms with Crippen LogP contribution >= 0.6 is 15.9 Å². The first-order valence-electron chi connectivity index (χ1n) is 8.17. The van der Waals surface area contributed by atoms with E-state index in [9.17, 15) is 4.79 Å². The van der Waals surface area contributed by atoms with Gasteiger partial charge in [-0.3, -0.25) is 4.79 Å². The zero-order valence-electron chi connectivity index (χ0n) is 13.8. The highest BCUT2D eigenvalue weighted by atomic mass is 79.9. The average Bonchev–Trinajstić information content (AvgIpc) is 3.20. The molecule has 0 bridgehead atoms. The number of hydrogen-bond donors (Lipinski definition) is 0. The molecule has 25 heavy (non-hydrogen) atoms. The molecule has 0 unspecified atom stereocenters. The molecule has 0 aliphatic carbocycles. The molecular formula is C20H17BrN2O2. The lowest BCUT2D eigenvalue weighted by Crippen LogP contribution is -2.27. The van der Waals surface area contributed by atoms with Crippen molar-refractivity contribution in [2.45, 2.75) is 26.4 Å². The number of carbonyl (C=O) groups excluding carboxylic acids is 1. The third-order valence-corrected chi connectivity index (χ3v) is 5.14. The van der Waals surface area contributed by atoms with Crippen LogP contribution in [-0.4, -0.2) is 16.0 Å². The van der Waals surface area contributed by atoms with Crippen molar-refractivity contribution in [3.63, 3.8) is 0 Å². The van der Waals surface area contributed by atoms with Crippen LogP contribution in [0.4, 0.5) is 0 Å². The first-order valence-corrected chi connectivity index (χ1v) is 8.97. The molecule has 0 radical (unpaired) electrons. The van der Waals surface area contributed by atoms with Crippen LogP contribution < -0.4 is 0 Å². The van der Waals surface area contributed by atoms with Crippen molar-refractivity contribution in [2.75, 3.05) is 0 Å². The highest BCUT2D eigenvalue weighted by molar-refractivity contribution is 9.10. The Morgan fingerprint density at radius 3 is 2.40 bits per heavy atom. The minimum atomic E-state index is 0.0980. The number of carbonyl (C=O) groups is 1. The van der Waals surface area contributed by atoms with Gasteiger partial charge in [0.1, 0.15) is 0 Å². The Labute approximate surface area is 154 Å². The second-order valence-electron chi connectivity index (χ2n) is 6.28. The molecule has 0 saturated heterocycles. The van der Waals surface area contributed by atoms with Gasteiger partial charge < -0.3 is 9.42 Å². The van der Waals surface area contributed by atoms with Crippen LogP contribution in [0.3, 0.4) is 0 Å². The standard InChI is InChI=1S/C20H17BrN2O2/c1-13-18(20(25-22-13)14-6-8-17(21)9-7-14)10-19(24)23-11-15-4-2-3-5-16(15)12-23/h2-9H,10-12H2,1H3. The van der Waals surface area contributed by atoms with Crippen LogP contribution in [-0.2, 0) is 24.3 Å². The summed E-state index contributed by atoms with van der Waals surface area (Å²) in [5.74, 6) is 0.774. The van der Waals surface area contributed by atoms with Gasteiger partial charge in [-0.25, -0.2) is 0 Å². The summed E-state index contributed by atoms with van der Waals surface area (Å²) in [6.45, 7) is 3.23. The van der Waals surface area contributed by atoms with Gasteiger partial charge in [0.05, 0.1) is 12.1 Å². The second kappa shape index (κ2) is 6.48. The van der Waals surface area contributed by atoms with E-state index in [1.807, 2.05) is 48.2 Å². The van der Waals surface area contributed by atoms with Gasteiger partial charge in [0, 0.05) is 28.7 Å². The molecular weight excluding hydrogens is 380 g/mol. The number of fused-ring (bicyclic) bond motifs is 1. The number of rotatable bonds is 3. The minimum Gasteiger partial charge on any atom is -0.356 e. The topological polar surface area (TPSA) is 46.3 Å². The maximum atomic E-state index is 12.8. The van der Waals surface area contributed by atoms with E-state index in [1.54, 1.807) is 0 Å². The molecule has 2 aromatic carbocycles. The van der Waals surface area contributed by atoms with Gasteiger partial charge in [0.25, 0.3) is 0 Å². The van der Waals surface area contributed by atoms with E-state index in [0.29, 0.717) is 25.3 Å². The molecule has 1 amide bonds. The van der Waals surface area contributed by atoms with Crippen molar-refractivity contribution < 1.29 is 9.32 Å². The third-order valence-electron chi connectivity index (χ3n) is 4.61. The zero-order valence-corrected chi connectivity index (χ0v) is 15.4. The smallest absolute Gasteiger partial charge is 0.227 e. The fourth-order valence-corrected chi connectivity index (χ4v) is 3.46. The van der Waals surface area contributed by atoms with E-state index < -0.39 is 0 Å². The lowest BCUT2D eigenvalue weighted by molar-refractivity contribution is -0.131. The van der Waals surface area contributed by atoms with Crippen LogP contribution in [0.15, 0.2) is 57.5 Å². The predicted octanol–water partition coefficient (Wildman–Crippen LogP) is 4.50. The highest BCUT2D eigenvalue weighted by Gasteiger charge is 2.25. The predicted molar refractivity (Wildman–Crippen MR) is 98.8 cm³/mol. The number of amides is 1. The maximum Gasteiger partial charge on any atom is 0.227 e. The molecule has 4 nitrogen and oxygen atoms in total. The number of nitrogens with zero attached hydrogens (tertiary/aromatic N) is 2. The fourth-order valence-electron chi connectivity index (χ4n) is 3.20. The summed E-state index contributed by atoms with van der Waals surface area (Å²) in [7, 11) is 0. The SMILES string of the molecule is Cc1noc(-c2ccc(Br)cc2)c1CC(=O)N1Cc2ccccc2C1. The Balaban J connectivity index is 1.56. The van der Waals surface area contributed by atoms with Crippen LogP contribution in [0.1, 0.15) is 22.4 Å². The minimum absolute atomic E-state index is 0.0980. The normalized spacial score (nSPS) is 13.1. The molecule has 2 heterocycles. The second-order valence-corrected chi connectivity index (χ2v) is 7.19. The molecule has 4 rings (SSSR count). The highest BCUT2D eigenvalue weighted by Crippen LogP contribution is 2.29. The molecule has 126 valence electrons. The number of aromatic nitrogens is 1.